The fourth-order valence-corrected chi connectivity index (χ4v) is 2.81. The van der Waals surface area contributed by atoms with Crippen LogP contribution in [0, 0.1) is 0 Å². The Balaban J connectivity index is 1.90. The minimum absolute atomic E-state index is 0.137. The van der Waals surface area contributed by atoms with Crippen molar-refractivity contribution in [3.63, 3.8) is 0 Å². The van der Waals surface area contributed by atoms with E-state index in [-0.39, 0.29) is 5.54 Å². The number of rotatable bonds is 1. The third-order valence-corrected chi connectivity index (χ3v) is 4.35. The highest BCUT2D eigenvalue weighted by Crippen LogP contribution is 2.39. The number of anilines is 2. The molecule has 3 rings (SSSR count). The quantitative estimate of drug-likeness (QED) is 0.790. The number of ether oxygens (including phenoxy) is 2. The summed E-state index contributed by atoms with van der Waals surface area (Å²) in [5, 5.41) is 0. The zero-order valence-corrected chi connectivity index (χ0v) is 12.5. The summed E-state index contributed by atoms with van der Waals surface area (Å²) in [4.78, 5) is 4.73. The largest absolute Gasteiger partial charge is 0.486 e. The van der Waals surface area contributed by atoms with Crippen molar-refractivity contribution in [3.8, 4) is 11.5 Å². The molecule has 0 spiro atoms. The number of nitrogen functional groups attached to an aromatic ring is 1. The molecule has 0 aromatic heterocycles. The van der Waals surface area contributed by atoms with Gasteiger partial charge < -0.3 is 20.1 Å². The predicted octanol–water partition coefficient (Wildman–Crippen LogP) is 1.57. The van der Waals surface area contributed by atoms with Gasteiger partial charge in [-0.05, 0) is 20.9 Å². The lowest BCUT2D eigenvalue weighted by atomic mass is 9.99. The fourth-order valence-electron chi connectivity index (χ4n) is 2.81. The van der Waals surface area contributed by atoms with Gasteiger partial charge in [0.25, 0.3) is 0 Å². The number of hydrogen-bond acceptors (Lipinski definition) is 5. The smallest absolute Gasteiger partial charge is 0.163 e. The van der Waals surface area contributed by atoms with Crippen LogP contribution in [0.2, 0.25) is 0 Å². The van der Waals surface area contributed by atoms with E-state index in [1.165, 1.54) is 0 Å². The molecule has 5 heteroatoms. The van der Waals surface area contributed by atoms with Crippen molar-refractivity contribution in [2.45, 2.75) is 19.4 Å². The van der Waals surface area contributed by atoms with E-state index in [0.29, 0.717) is 13.2 Å². The molecular formula is C15H23N3O2. The number of benzene rings is 1. The molecule has 1 aromatic carbocycles. The van der Waals surface area contributed by atoms with Gasteiger partial charge in [-0.15, -0.1) is 0 Å². The van der Waals surface area contributed by atoms with E-state index in [1.807, 2.05) is 12.1 Å². The Bertz CT molecular complexity index is 516. The molecule has 20 heavy (non-hydrogen) atoms. The first-order chi connectivity index (χ1) is 9.47. The zero-order valence-electron chi connectivity index (χ0n) is 12.5. The molecule has 1 saturated heterocycles. The molecule has 0 radical (unpaired) electrons. The van der Waals surface area contributed by atoms with Crippen molar-refractivity contribution >= 4 is 11.4 Å². The van der Waals surface area contributed by atoms with E-state index >= 15 is 0 Å². The molecule has 2 heterocycles. The second-order valence-corrected chi connectivity index (χ2v) is 6.21. The Morgan fingerprint density at radius 2 is 1.75 bits per heavy atom. The second kappa shape index (κ2) is 4.74. The van der Waals surface area contributed by atoms with Crippen LogP contribution in [-0.4, -0.2) is 50.3 Å². The summed E-state index contributed by atoms with van der Waals surface area (Å²) in [5.74, 6) is 1.56. The molecule has 2 aliphatic heterocycles. The molecule has 110 valence electrons. The van der Waals surface area contributed by atoms with Crippen molar-refractivity contribution in [1.29, 1.82) is 0 Å². The molecule has 0 aliphatic carbocycles. The van der Waals surface area contributed by atoms with Crippen LogP contribution in [0.15, 0.2) is 12.1 Å². The highest BCUT2D eigenvalue weighted by atomic mass is 16.6. The summed E-state index contributed by atoms with van der Waals surface area (Å²) in [6, 6.07) is 3.90. The Labute approximate surface area is 120 Å². The number of hydrogen-bond donors (Lipinski definition) is 1. The molecule has 5 nitrogen and oxygen atoms in total. The second-order valence-electron chi connectivity index (χ2n) is 6.21. The average Bonchev–Trinajstić information content (AvgIpc) is 2.41. The van der Waals surface area contributed by atoms with Gasteiger partial charge in [0.05, 0.1) is 11.4 Å². The summed E-state index contributed by atoms with van der Waals surface area (Å²) < 4.78 is 11.2. The molecule has 1 aromatic rings. The van der Waals surface area contributed by atoms with E-state index in [0.717, 1.165) is 42.5 Å². The van der Waals surface area contributed by atoms with E-state index < -0.39 is 0 Å². The minimum atomic E-state index is 0.137. The summed E-state index contributed by atoms with van der Waals surface area (Å²) >= 11 is 0. The van der Waals surface area contributed by atoms with Gasteiger partial charge in [0, 0.05) is 37.3 Å². The van der Waals surface area contributed by atoms with E-state index in [4.69, 9.17) is 15.2 Å². The SMILES string of the molecule is CN1CCN(c2cc3c(cc2N)OCCO3)CC1(C)C. The molecule has 0 saturated carbocycles. The summed E-state index contributed by atoms with van der Waals surface area (Å²) in [7, 11) is 2.17. The van der Waals surface area contributed by atoms with Gasteiger partial charge in [-0.25, -0.2) is 0 Å². The normalized spacial score (nSPS) is 21.9. The van der Waals surface area contributed by atoms with Crippen LogP contribution < -0.4 is 20.1 Å². The average molecular weight is 277 g/mol. The fraction of sp³-hybridized carbons (Fsp3) is 0.600. The maximum absolute atomic E-state index is 6.21. The maximum atomic E-state index is 6.21. The molecule has 2 N–H and O–H groups in total. The van der Waals surface area contributed by atoms with E-state index in [1.54, 1.807) is 0 Å². The minimum Gasteiger partial charge on any atom is -0.486 e. The van der Waals surface area contributed by atoms with Crippen LogP contribution in [0.25, 0.3) is 0 Å². The van der Waals surface area contributed by atoms with Crippen LogP contribution in [0.3, 0.4) is 0 Å². The number of fused-ring (bicyclic) bond motifs is 1. The Morgan fingerprint density at radius 1 is 1.10 bits per heavy atom. The van der Waals surface area contributed by atoms with Crippen LogP contribution in [0.5, 0.6) is 11.5 Å². The molecular weight excluding hydrogens is 254 g/mol. The molecule has 1 fully saturated rings. The topological polar surface area (TPSA) is 51.0 Å². The molecule has 0 bridgehead atoms. The molecule has 0 unspecified atom stereocenters. The lowest BCUT2D eigenvalue weighted by Gasteiger charge is -2.46. The van der Waals surface area contributed by atoms with Crippen LogP contribution in [0.4, 0.5) is 11.4 Å². The monoisotopic (exact) mass is 277 g/mol. The number of piperazine rings is 1. The van der Waals surface area contributed by atoms with Gasteiger partial charge in [0.2, 0.25) is 0 Å². The van der Waals surface area contributed by atoms with Crippen molar-refractivity contribution in [2.75, 3.05) is 50.5 Å². The zero-order chi connectivity index (χ0) is 14.3. The molecule has 2 aliphatic rings. The van der Waals surface area contributed by atoms with Crippen LogP contribution in [-0.2, 0) is 0 Å². The van der Waals surface area contributed by atoms with Crippen LogP contribution in [0.1, 0.15) is 13.8 Å². The number of nitrogens with two attached hydrogens (primary N) is 1. The van der Waals surface area contributed by atoms with Gasteiger partial charge in [0.1, 0.15) is 13.2 Å². The predicted molar refractivity (Wildman–Crippen MR) is 80.8 cm³/mol. The lowest BCUT2D eigenvalue weighted by molar-refractivity contribution is 0.138. The van der Waals surface area contributed by atoms with E-state index in [9.17, 15) is 0 Å². The summed E-state index contributed by atoms with van der Waals surface area (Å²) in [5.41, 5.74) is 8.15. The molecule has 0 atom stereocenters. The Morgan fingerprint density at radius 3 is 2.40 bits per heavy atom. The lowest BCUT2D eigenvalue weighted by Crippen LogP contribution is -2.57. The van der Waals surface area contributed by atoms with Gasteiger partial charge >= 0.3 is 0 Å². The summed E-state index contributed by atoms with van der Waals surface area (Å²) in [6.07, 6.45) is 0. The first kappa shape index (κ1) is 13.4. The first-order valence-corrected chi connectivity index (χ1v) is 7.13. The number of likely N-dealkylation sites (N-methyl/N-ethyl adjacent to an activating group) is 1. The maximum Gasteiger partial charge on any atom is 0.163 e. The standard InChI is InChI=1S/C15H23N3O2/c1-15(2)10-18(5-4-17(15)3)12-9-14-13(8-11(12)16)19-6-7-20-14/h8-9H,4-7,10,16H2,1-3H3. The van der Waals surface area contributed by atoms with Gasteiger partial charge in [-0.1, -0.05) is 0 Å². The van der Waals surface area contributed by atoms with Gasteiger partial charge in [0.15, 0.2) is 11.5 Å². The van der Waals surface area contributed by atoms with Crippen molar-refractivity contribution in [1.82, 2.24) is 4.90 Å². The highest BCUT2D eigenvalue weighted by molar-refractivity contribution is 5.73. The summed E-state index contributed by atoms with van der Waals surface area (Å²) in [6.45, 7) is 8.66. The highest BCUT2D eigenvalue weighted by Gasteiger charge is 2.32. The Kier molecular flexibility index (Phi) is 3.17. The van der Waals surface area contributed by atoms with Crippen molar-refractivity contribution in [2.24, 2.45) is 0 Å². The van der Waals surface area contributed by atoms with Gasteiger partial charge in [-0.2, -0.15) is 0 Å². The first-order valence-electron chi connectivity index (χ1n) is 7.13. The third-order valence-electron chi connectivity index (χ3n) is 4.35. The number of nitrogens with zero attached hydrogens (tertiary/aromatic N) is 2. The molecule has 0 amide bonds. The van der Waals surface area contributed by atoms with E-state index in [2.05, 4.69) is 30.7 Å². The van der Waals surface area contributed by atoms with Crippen molar-refractivity contribution in [3.05, 3.63) is 12.1 Å². The van der Waals surface area contributed by atoms with Gasteiger partial charge in [-0.3, -0.25) is 4.90 Å². The Hall–Kier alpha value is -1.62. The van der Waals surface area contributed by atoms with Crippen molar-refractivity contribution < 1.29 is 9.47 Å². The third kappa shape index (κ3) is 2.26. The van der Waals surface area contributed by atoms with Crippen LogP contribution >= 0.6 is 0 Å².